The molecule has 0 saturated carbocycles. The Morgan fingerprint density at radius 3 is 2.45 bits per heavy atom. The molecule has 31 heavy (non-hydrogen) atoms. The monoisotopic (exact) mass is 496 g/mol. The maximum Gasteiger partial charge on any atom is 0.360 e. The third-order valence-electron chi connectivity index (χ3n) is 4.81. The van der Waals surface area contributed by atoms with Gasteiger partial charge in [0.1, 0.15) is 0 Å². The molecule has 0 spiro atoms. The number of carbonyl (C=O) groups excluding carboxylic acids is 1. The van der Waals surface area contributed by atoms with Crippen molar-refractivity contribution in [1.29, 1.82) is 0 Å². The molecule has 0 N–H and O–H groups in total. The highest BCUT2D eigenvalue weighted by Gasteiger charge is 2.23. The zero-order valence-electron chi connectivity index (χ0n) is 17.4. The molecule has 0 aliphatic rings. The summed E-state index contributed by atoms with van der Waals surface area (Å²) in [5.74, 6) is 0.0131. The fraction of sp³-hybridized carbons (Fsp3) is 0.217. The summed E-state index contributed by atoms with van der Waals surface area (Å²) >= 11 is 5.09. The van der Waals surface area contributed by atoms with Crippen molar-refractivity contribution < 1.29 is 9.53 Å². The van der Waals surface area contributed by atoms with Crippen molar-refractivity contribution >= 4 is 39.3 Å². The van der Waals surface area contributed by atoms with Gasteiger partial charge in [-0.3, -0.25) is 0 Å². The predicted molar refractivity (Wildman–Crippen MR) is 125 cm³/mol. The number of thioether (sulfide) groups is 1. The van der Waals surface area contributed by atoms with Gasteiger partial charge < -0.3 is 4.74 Å². The number of carbonyl (C=O) groups is 1. The molecule has 0 saturated heterocycles. The smallest absolute Gasteiger partial charge is 0.360 e. The first-order chi connectivity index (χ1) is 15.0. The highest BCUT2D eigenvalue weighted by atomic mass is 79.9. The van der Waals surface area contributed by atoms with E-state index in [2.05, 4.69) is 57.3 Å². The maximum atomic E-state index is 12.6. The normalized spacial score (nSPS) is 11.1. The van der Waals surface area contributed by atoms with E-state index in [0.717, 1.165) is 26.2 Å². The molecule has 0 fully saturated rings. The van der Waals surface area contributed by atoms with Crippen molar-refractivity contribution in [3.63, 3.8) is 0 Å². The van der Waals surface area contributed by atoms with Gasteiger partial charge in [0.15, 0.2) is 11.3 Å². The fourth-order valence-electron chi connectivity index (χ4n) is 3.28. The molecule has 158 valence electrons. The Labute approximate surface area is 193 Å². The molecule has 0 aliphatic carbocycles. The number of ether oxygens (including phenoxy) is 1. The van der Waals surface area contributed by atoms with Crippen molar-refractivity contribution in [3.8, 4) is 11.1 Å². The molecule has 2 aromatic carbocycles. The maximum absolute atomic E-state index is 12.6. The van der Waals surface area contributed by atoms with Gasteiger partial charge >= 0.3 is 5.97 Å². The van der Waals surface area contributed by atoms with Crippen molar-refractivity contribution in [3.05, 3.63) is 75.6 Å². The number of fused-ring (bicyclic) bond motifs is 1. The molecular weight excluding hydrogens is 476 g/mol. The summed E-state index contributed by atoms with van der Waals surface area (Å²) in [6.07, 6.45) is 0. The highest BCUT2D eigenvalue weighted by Crippen LogP contribution is 2.31. The predicted octanol–water partition coefficient (Wildman–Crippen LogP) is 5.64. The van der Waals surface area contributed by atoms with Crippen LogP contribution in [-0.4, -0.2) is 32.4 Å². The minimum Gasteiger partial charge on any atom is -0.461 e. The highest BCUT2D eigenvalue weighted by molar-refractivity contribution is 9.10. The van der Waals surface area contributed by atoms with E-state index in [1.165, 1.54) is 5.56 Å². The van der Waals surface area contributed by atoms with Crippen LogP contribution in [0.2, 0.25) is 0 Å². The second-order valence-electron chi connectivity index (χ2n) is 7.02. The molecule has 0 aliphatic heterocycles. The van der Waals surface area contributed by atoms with E-state index in [-0.39, 0.29) is 12.3 Å². The molecule has 4 aromatic rings. The van der Waals surface area contributed by atoms with Crippen molar-refractivity contribution in [2.75, 3.05) is 6.61 Å². The van der Waals surface area contributed by atoms with Crippen LogP contribution in [0, 0.1) is 13.8 Å². The zero-order valence-corrected chi connectivity index (χ0v) is 19.8. The van der Waals surface area contributed by atoms with E-state index in [1.807, 2.05) is 31.2 Å². The van der Waals surface area contributed by atoms with Gasteiger partial charge in [0.05, 0.1) is 23.6 Å². The summed E-state index contributed by atoms with van der Waals surface area (Å²) in [6.45, 7) is 6.03. The zero-order chi connectivity index (χ0) is 22.0. The second kappa shape index (κ2) is 9.20. The number of rotatable bonds is 6. The van der Waals surface area contributed by atoms with Gasteiger partial charge in [-0.15, -0.1) is 22.0 Å². The van der Waals surface area contributed by atoms with Crippen LogP contribution in [0.15, 0.2) is 57.9 Å². The van der Waals surface area contributed by atoms with Gasteiger partial charge in [-0.1, -0.05) is 45.8 Å². The number of halogens is 1. The molecule has 0 amide bonds. The summed E-state index contributed by atoms with van der Waals surface area (Å²) in [4.78, 5) is 13.7. The van der Waals surface area contributed by atoms with E-state index in [4.69, 9.17) is 9.84 Å². The van der Waals surface area contributed by atoms with Gasteiger partial charge in [-0.25, -0.2) is 9.31 Å². The number of nitrogens with zero attached hydrogens (tertiary/aromatic N) is 4. The number of hydrogen-bond acceptors (Lipinski definition) is 6. The summed E-state index contributed by atoms with van der Waals surface area (Å²) in [5.41, 5.74) is 5.39. The average molecular weight is 497 g/mol. The van der Waals surface area contributed by atoms with Gasteiger partial charge in [-0.2, -0.15) is 5.10 Å². The molecule has 2 heterocycles. The second-order valence-corrected chi connectivity index (χ2v) is 8.98. The van der Waals surface area contributed by atoms with Crippen molar-refractivity contribution in [2.24, 2.45) is 0 Å². The number of hydrogen-bond donors (Lipinski definition) is 0. The van der Waals surface area contributed by atoms with Gasteiger partial charge in [0.25, 0.3) is 0 Å². The van der Waals surface area contributed by atoms with Gasteiger partial charge in [-0.05, 0) is 50.6 Å². The molecule has 4 rings (SSSR count). The van der Waals surface area contributed by atoms with Crippen LogP contribution in [-0.2, 0) is 10.5 Å². The van der Waals surface area contributed by atoms with Crippen LogP contribution < -0.4 is 0 Å². The van der Waals surface area contributed by atoms with Crippen molar-refractivity contribution in [2.45, 2.75) is 31.4 Å². The number of esters is 1. The van der Waals surface area contributed by atoms with E-state index in [9.17, 15) is 4.79 Å². The molecule has 8 heteroatoms. The molecule has 0 unspecified atom stereocenters. The average Bonchev–Trinajstić information content (AvgIpc) is 3.10. The third kappa shape index (κ3) is 4.50. The first kappa shape index (κ1) is 21.5. The SMILES string of the molecule is CCOC(=O)c1nnc2c(-c3ccc(Br)cc3)c(C)nn2c1CSc1ccc(C)cc1. The summed E-state index contributed by atoms with van der Waals surface area (Å²) in [7, 11) is 0. The quantitative estimate of drug-likeness (QED) is 0.254. The lowest BCUT2D eigenvalue weighted by Crippen LogP contribution is -2.16. The van der Waals surface area contributed by atoms with E-state index >= 15 is 0 Å². The standard InChI is InChI=1S/C23H21BrN4O2S/c1-4-30-23(29)21-19(13-31-18-11-5-14(2)6-12-18)28-22(26-25-21)20(15(3)27-28)16-7-9-17(24)10-8-16/h5-12H,4,13H2,1-3H3. The molecule has 2 aromatic heterocycles. The Morgan fingerprint density at radius 2 is 1.77 bits per heavy atom. The van der Waals surface area contributed by atoms with Crippen LogP contribution in [0.25, 0.3) is 16.8 Å². The Kier molecular flexibility index (Phi) is 6.38. The third-order valence-corrected chi connectivity index (χ3v) is 6.36. The minimum absolute atomic E-state index is 0.193. The van der Waals surface area contributed by atoms with Crippen LogP contribution >= 0.6 is 27.7 Å². The molecule has 0 atom stereocenters. The van der Waals surface area contributed by atoms with Crippen molar-refractivity contribution in [1.82, 2.24) is 19.8 Å². The van der Waals surface area contributed by atoms with Crippen LogP contribution in [0.1, 0.15) is 34.4 Å². The lowest BCUT2D eigenvalue weighted by atomic mass is 10.1. The molecular formula is C23H21BrN4O2S. The van der Waals surface area contributed by atoms with Gasteiger partial charge in [0, 0.05) is 15.1 Å². The number of benzene rings is 2. The lowest BCUT2D eigenvalue weighted by Gasteiger charge is -2.10. The van der Waals surface area contributed by atoms with Crippen LogP contribution in [0.5, 0.6) is 0 Å². The summed E-state index contributed by atoms with van der Waals surface area (Å²) < 4.78 is 7.95. The Morgan fingerprint density at radius 1 is 1.06 bits per heavy atom. The van der Waals surface area contributed by atoms with E-state index in [1.54, 1.807) is 23.2 Å². The molecule has 6 nitrogen and oxygen atoms in total. The first-order valence-electron chi connectivity index (χ1n) is 9.85. The number of aromatic nitrogens is 4. The minimum atomic E-state index is -0.491. The van der Waals surface area contributed by atoms with E-state index in [0.29, 0.717) is 17.1 Å². The molecule has 0 bridgehead atoms. The Balaban J connectivity index is 1.82. The van der Waals surface area contributed by atoms with E-state index < -0.39 is 5.97 Å². The Bertz CT molecular complexity index is 1240. The largest absolute Gasteiger partial charge is 0.461 e. The summed E-state index contributed by atoms with van der Waals surface area (Å²) in [5, 5.41) is 13.3. The molecule has 0 radical (unpaired) electrons. The Hall–Kier alpha value is -2.71. The lowest BCUT2D eigenvalue weighted by molar-refractivity contribution is 0.0516. The number of aryl methyl sites for hydroxylation is 2. The fourth-order valence-corrected chi connectivity index (χ4v) is 4.43. The first-order valence-corrected chi connectivity index (χ1v) is 11.6. The van der Waals surface area contributed by atoms with Gasteiger partial charge in [0.2, 0.25) is 0 Å². The topological polar surface area (TPSA) is 69.4 Å². The summed E-state index contributed by atoms with van der Waals surface area (Å²) in [6, 6.07) is 16.2. The van der Waals surface area contributed by atoms with Crippen LogP contribution in [0.3, 0.4) is 0 Å². The van der Waals surface area contributed by atoms with Crippen LogP contribution in [0.4, 0.5) is 0 Å².